The molecule has 2 rings (SSSR count). The second-order valence-corrected chi connectivity index (χ2v) is 4.45. The molecule has 2 aromatic rings. The Balaban J connectivity index is 2.18. The van der Waals surface area contributed by atoms with E-state index in [-0.39, 0.29) is 12.3 Å². The van der Waals surface area contributed by atoms with E-state index in [0.29, 0.717) is 17.0 Å². The molecule has 0 bridgehead atoms. The van der Waals surface area contributed by atoms with Crippen LogP contribution < -0.4 is 10.1 Å². The van der Waals surface area contributed by atoms with Crippen LogP contribution in [0.4, 0.5) is 8.78 Å². The molecule has 0 aliphatic heterocycles. The summed E-state index contributed by atoms with van der Waals surface area (Å²) in [5, 5.41) is 6.18. The number of halogens is 2. The molecule has 1 aromatic carbocycles. The number of benzene rings is 1. The summed E-state index contributed by atoms with van der Waals surface area (Å²) in [6.07, 6.45) is 0. The minimum Gasteiger partial charge on any atom is -0.497 e. The molecule has 0 unspecified atom stereocenters. The first-order valence-electron chi connectivity index (χ1n) is 6.17. The predicted octanol–water partition coefficient (Wildman–Crippen LogP) is 2.51. The van der Waals surface area contributed by atoms with Gasteiger partial charge in [-0.1, -0.05) is 5.16 Å². The van der Waals surface area contributed by atoms with E-state index in [9.17, 15) is 13.6 Å². The Kier molecular flexibility index (Phi) is 4.21. The maximum Gasteiger partial charge on any atom is 0.257 e. The van der Waals surface area contributed by atoms with Crippen molar-refractivity contribution in [3.63, 3.8) is 0 Å². The van der Waals surface area contributed by atoms with Crippen molar-refractivity contribution in [2.75, 3.05) is 7.11 Å². The quantitative estimate of drug-likeness (QED) is 0.941. The van der Waals surface area contributed by atoms with Gasteiger partial charge in [0.15, 0.2) is 0 Å². The van der Waals surface area contributed by atoms with Crippen LogP contribution >= 0.6 is 0 Å². The van der Waals surface area contributed by atoms with Crippen LogP contribution in [0, 0.1) is 25.5 Å². The maximum atomic E-state index is 13.8. The third kappa shape index (κ3) is 3.01. The molecule has 0 spiro atoms. The lowest BCUT2D eigenvalue weighted by Crippen LogP contribution is -2.25. The van der Waals surface area contributed by atoms with Crippen molar-refractivity contribution in [3.05, 3.63) is 46.3 Å². The summed E-state index contributed by atoms with van der Waals surface area (Å²) in [4.78, 5) is 11.9. The summed E-state index contributed by atoms with van der Waals surface area (Å²) in [5.74, 6) is -2.27. The van der Waals surface area contributed by atoms with E-state index >= 15 is 0 Å². The van der Waals surface area contributed by atoms with Crippen molar-refractivity contribution in [3.8, 4) is 5.75 Å². The highest BCUT2D eigenvalue weighted by molar-refractivity contribution is 5.94. The third-order valence-electron chi connectivity index (χ3n) is 3.09. The molecule has 112 valence electrons. The highest BCUT2D eigenvalue weighted by atomic mass is 19.1. The molecule has 0 aliphatic carbocycles. The first-order valence-corrected chi connectivity index (χ1v) is 6.17. The number of carbonyl (C=O) groups excluding carboxylic acids is 1. The van der Waals surface area contributed by atoms with Gasteiger partial charge in [-0.3, -0.25) is 4.79 Å². The smallest absolute Gasteiger partial charge is 0.257 e. The summed E-state index contributed by atoms with van der Waals surface area (Å²) >= 11 is 0. The van der Waals surface area contributed by atoms with Crippen molar-refractivity contribution < 1.29 is 22.8 Å². The second-order valence-electron chi connectivity index (χ2n) is 4.45. The summed E-state index contributed by atoms with van der Waals surface area (Å²) in [5.41, 5.74) is 0.642. The van der Waals surface area contributed by atoms with Crippen molar-refractivity contribution in [1.82, 2.24) is 10.5 Å². The van der Waals surface area contributed by atoms with Gasteiger partial charge >= 0.3 is 0 Å². The summed E-state index contributed by atoms with van der Waals surface area (Å²) in [7, 11) is 1.28. The van der Waals surface area contributed by atoms with Crippen molar-refractivity contribution in [1.29, 1.82) is 0 Å². The largest absolute Gasteiger partial charge is 0.497 e. The van der Waals surface area contributed by atoms with Gasteiger partial charge in [0, 0.05) is 24.2 Å². The molecule has 7 heteroatoms. The third-order valence-corrected chi connectivity index (χ3v) is 3.09. The van der Waals surface area contributed by atoms with Gasteiger partial charge < -0.3 is 14.6 Å². The number of carbonyl (C=O) groups is 1. The van der Waals surface area contributed by atoms with Gasteiger partial charge in [0.2, 0.25) is 0 Å². The monoisotopic (exact) mass is 296 g/mol. The van der Waals surface area contributed by atoms with E-state index in [0.717, 1.165) is 12.1 Å². The highest BCUT2D eigenvalue weighted by Crippen LogP contribution is 2.20. The van der Waals surface area contributed by atoms with Crippen LogP contribution in [0.15, 0.2) is 16.7 Å². The van der Waals surface area contributed by atoms with Crippen molar-refractivity contribution in [2.45, 2.75) is 20.4 Å². The van der Waals surface area contributed by atoms with Gasteiger partial charge in [0.05, 0.1) is 12.8 Å². The Morgan fingerprint density at radius 3 is 2.43 bits per heavy atom. The Morgan fingerprint density at radius 2 is 1.95 bits per heavy atom. The van der Waals surface area contributed by atoms with Crippen LogP contribution in [0.5, 0.6) is 5.75 Å². The minimum atomic E-state index is -0.983. The number of aryl methyl sites for hydroxylation is 2. The van der Waals surface area contributed by atoms with E-state index in [4.69, 9.17) is 9.26 Å². The van der Waals surface area contributed by atoms with E-state index in [1.54, 1.807) is 13.8 Å². The fourth-order valence-corrected chi connectivity index (χ4v) is 1.90. The molecule has 0 aliphatic rings. The zero-order valence-electron chi connectivity index (χ0n) is 11.8. The lowest BCUT2D eigenvalue weighted by molar-refractivity contribution is 0.0942. The standard InChI is InChI=1S/C14H14F2N2O3/c1-7-10(8(2)21-18-7)6-17-14(19)13-11(15)4-9(20-3)5-12(13)16/h4-5H,6H2,1-3H3,(H,17,19). The average Bonchev–Trinajstić information content (AvgIpc) is 2.74. The van der Waals surface area contributed by atoms with Crippen LogP contribution in [-0.2, 0) is 6.54 Å². The van der Waals surface area contributed by atoms with Gasteiger partial charge in [-0.2, -0.15) is 0 Å². The fourth-order valence-electron chi connectivity index (χ4n) is 1.90. The number of amides is 1. The summed E-state index contributed by atoms with van der Waals surface area (Å²) in [6, 6.07) is 1.90. The molecule has 0 fully saturated rings. The number of ether oxygens (including phenoxy) is 1. The Bertz CT molecular complexity index is 640. The topological polar surface area (TPSA) is 64.4 Å². The SMILES string of the molecule is COc1cc(F)c(C(=O)NCc2c(C)noc2C)c(F)c1. The zero-order valence-corrected chi connectivity index (χ0v) is 11.8. The molecular weight excluding hydrogens is 282 g/mol. The minimum absolute atomic E-state index is 0.00673. The van der Waals surface area contributed by atoms with Crippen LogP contribution in [-0.4, -0.2) is 18.2 Å². The number of nitrogens with one attached hydrogen (secondary N) is 1. The average molecular weight is 296 g/mol. The van der Waals surface area contributed by atoms with E-state index in [2.05, 4.69) is 10.5 Å². The van der Waals surface area contributed by atoms with E-state index < -0.39 is 23.1 Å². The van der Waals surface area contributed by atoms with Gasteiger partial charge in [0.25, 0.3) is 5.91 Å². The van der Waals surface area contributed by atoms with Gasteiger partial charge in [-0.25, -0.2) is 8.78 Å². The molecule has 1 amide bonds. The van der Waals surface area contributed by atoms with Crippen LogP contribution in [0.25, 0.3) is 0 Å². The molecular formula is C14H14F2N2O3. The lowest BCUT2D eigenvalue weighted by atomic mass is 10.1. The highest BCUT2D eigenvalue weighted by Gasteiger charge is 2.20. The maximum absolute atomic E-state index is 13.8. The normalized spacial score (nSPS) is 10.5. The molecule has 1 heterocycles. The van der Waals surface area contributed by atoms with Gasteiger partial charge in [-0.05, 0) is 13.8 Å². The number of hydrogen-bond acceptors (Lipinski definition) is 4. The second kappa shape index (κ2) is 5.90. The van der Waals surface area contributed by atoms with E-state index in [1.165, 1.54) is 7.11 Å². The summed E-state index contributed by atoms with van der Waals surface area (Å²) in [6.45, 7) is 3.48. The molecule has 5 nitrogen and oxygen atoms in total. The fraction of sp³-hybridized carbons (Fsp3) is 0.286. The zero-order chi connectivity index (χ0) is 15.6. The number of rotatable bonds is 4. The lowest BCUT2D eigenvalue weighted by Gasteiger charge is -2.08. The van der Waals surface area contributed by atoms with Crippen LogP contribution in [0.1, 0.15) is 27.4 Å². The Morgan fingerprint density at radius 1 is 1.33 bits per heavy atom. The Hall–Kier alpha value is -2.44. The molecule has 0 atom stereocenters. The number of methoxy groups -OCH3 is 1. The van der Waals surface area contributed by atoms with Gasteiger partial charge in [-0.15, -0.1) is 0 Å². The van der Waals surface area contributed by atoms with Crippen LogP contribution in [0.2, 0.25) is 0 Å². The van der Waals surface area contributed by atoms with Crippen molar-refractivity contribution >= 4 is 5.91 Å². The molecule has 1 N–H and O–H groups in total. The molecule has 1 aromatic heterocycles. The van der Waals surface area contributed by atoms with Gasteiger partial charge in [0.1, 0.15) is 28.7 Å². The number of hydrogen-bond donors (Lipinski definition) is 1. The molecule has 0 saturated carbocycles. The van der Waals surface area contributed by atoms with Crippen LogP contribution in [0.3, 0.4) is 0 Å². The first kappa shape index (κ1) is 15.0. The Labute approximate surface area is 119 Å². The van der Waals surface area contributed by atoms with E-state index in [1.807, 2.05) is 0 Å². The molecule has 21 heavy (non-hydrogen) atoms. The summed E-state index contributed by atoms with van der Waals surface area (Å²) < 4.78 is 37.2. The number of aromatic nitrogens is 1. The number of nitrogens with zero attached hydrogens (tertiary/aromatic N) is 1. The first-order chi connectivity index (χ1) is 9.93. The van der Waals surface area contributed by atoms with Crippen molar-refractivity contribution in [2.24, 2.45) is 0 Å². The predicted molar refractivity (Wildman–Crippen MR) is 70.1 cm³/mol. The molecule has 0 radical (unpaired) electrons. The molecule has 0 saturated heterocycles.